The van der Waals surface area contributed by atoms with Crippen molar-refractivity contribution in [1.82, 2.24) is 5.16 Å². The van der Waals surface area contributed by atoms with Crippen LogP contribution in [0.3, 0.4) is 0 Å². The van der Waals surface area contributed by atoms with Crippen molar-refractivity contribution in [3.8, 4) is 5.88 Å². The van der Waals surface area contributed by atoms with Gasteiger partial charge >= 0.3 is 0 Å². The van der Waals surface area contributed by atoms with E-state index in [1.807, 2.05) is 54.6 Å². The third kappa shape index (κ3) is 2.44. The smallest absolute Gasteiger partial charge is 0.262 e. The van der Waals surface area contributed by atoms with Crippen LogP contribution in [0.15, 0.2) is 59.1 Å². The topological polar surface area (TPSA) is 61.3 Å². The van der Waals surface area contributed by atoms with E-state index in [0.29, 0.717) is 18.1 Å². The normalized spacial score (nSPS) is 12.5. The molecule has 1 atom stereocenters. The van der Waals surface area contributed by atoms with E-state index >= 15 is 0 Å². The van der Waals surface area contributed by atoms with E-state index in [9.17, 15) is 0 Å². The minimum absolute atomic E-state index is 0.184. The zero-order chi connectivity index (χ0) is 13.1. The molecule has 0 aliphatic carbocycles. The largest absolute Gasteiger partial charge is 0.473 e. The molecule has 2 aromatic carbocycles. The third-order valence-electron chi connectivity index (χ3n) is 2.97. The maximum Gasteiger partial charge on any atom is 0.262 e. The summed E-state index contributed by atoms with van der Waals surface area (Å²) in [4.78, 5) is 0. The summed E-state index contributed by atoms with van der Waals surface area (Å²) in [5.41, 5.74) is 7.82. The molecule has 4 heteroatoms. The first-order chi connectivity index (χ1) is 9.34. The van der Waals surface area contributed by atoms with Crippen molar-refractivity contribution in [2.45, 2.75) is 6.04 Å². The number of aromatic nitrogens is 1. The van der Waals surface area contributed by atoms with Crippen LogP contribution in [-0.4, -0.2) is 11.8 Å². The average molecular weight is 254 g/mol. The molecule has 1 aromatic heterocycles. The Morgan fingerprint density at radius 3 is 2.63 bits per heavy atom. The highest BCUT2D eigenvalue weighted by Crippen LogP contribution is 2.24. The molecule has 3 rings (SSSR count). The van der Waals surface area contributed by atoms with Crippen molar-refractivity contribution in [1.29, 1.82) is 0 Å². The molecule has 0 spiro atoms. The van der Waals surface area contributed by atoms with Gasteiger partial charge in [0.05, 0.1) is 11.4 Å². The van der Waals surface area contributed by atoms with Gasteiger partial charge in [-0.25, -0.2) is 0 Å². The second-order valence-electron chi connectivity index (χ2n) is 4.31. The Morgan fingerprint density at radius 1 is 1.05 bits per heavy atom. The van der Waals surface area contributed by atoms with Crippen molar-refractivity contribution >= 4 is 11.0 Å². The van der Waals surface area contributed by atoms with Gasteiger partial charge in [-0.15, -0.1) is 0 Å². The second kappa shape index (κ2) is 5.12. The summed E-state index contributed by atoms with van der Waals surface area (Å²) >= 11 is 0. The Kier molecular flexibility index (Phi) is 3.16. The molecule has 19 heavy (non-hydrogen) atoms. The molecule has 0 fully saturated rings. The number of fused-ring (bicyclic) bond motifs is 1. The highest BCUT2D eigenvalue weighted by atomic mass is 16.5. The van der Waals surface area contributed by atoms with E-state index in [2.05, 4.69) is 5.16 Å². The second-order valence-corrected chi connectivity index (χ2v) is 4.31. The van der Waals surface area contributed by atoms with E-state index in [4.69, 9.17) is 15.0 Å². The van der Waals surface area contributed by atoms with E-state index in [1.165, 1.54) is 0 Å². The van der Waals surface area contributed by atoms with Crippen molar-refractivity contribution in [2.75, 3.05) is 6.61 Å². The maximum atomic E-state index is 6.07. The zero-order valence-electron chi connectivity index (χ0n) is 10.3. The Labute approximate surface area is 110 Å². The zero-order valence-corrected chi connectivity index (χ0v) is 10.3. The summed E-state index contributed by atoms with van der Waals surface area (Å²) in [7, 11) is 0. The Balaban J connectivity index is 1.73. The Bertz CT molecular complexity index is 664. The fourth-order valence-corrected chi connectivity index (χ4v) is 1.93. The molecule has 4 nitrogen and oxygen atoms in total. The number of hydrogen-bond donors (Lipinski definition) is 1. The molecule has 96 valence electrons. The first-order valence-corrected chi connectivity index (χ1v) is 6.12. The number of ether oxygens (including phenoxy) is 1. The van der Waals surface area contributed by atoms with Crippen LogP contribution in [0.4, 0.5) is 0 Å². The fraction of sp³-hybridized carbons (Fsp3) is 0.133. The van der Waals surface area contributed by atoms with Gasteiger partial charge < -0.3 is 15.0 Å². The molecule has 0 amide bonds. The van der Waals surface area contributed by atoms with Gasteiger partial charge in [0.25, 0.3) is 5.88 Å². The van der Waals surface area contributed by atoms with E-state index in [0.717, 1.165) is 10.9 Å². The van der Waals surface area contributed by atoms with E-state index in [-0.39, 0.29) is 6.04 Å². The third-order valence-corrected chi connectivity index (χ3v) is 2.97. The molecular formula is C15H14N2O2. The monoisotopic (exact) mass is 254 g/mol. The summed E-state index contributed by atoms with van der Waals surface area (Å²) in [6, 6.07) is 17.2. The van der Waals surface area contributed by atoms with Gasteiger partial charge in [-0.1, -0.05) is 42.5 Å². The number of benzene rings is 2. The van der Waals surface area contributed by atoms with Gasteiger partial charge in [0, 0.05) is 0 Å². The fourth-order valence-electron chi connectivity index (χ4n) is 1.93. The van der Waals surface area contributed by atoms with Gasteiger partial charge in [-0.3, -0.25) is 0 Å². The lowest BCUT2D eigenvalue weighted by Crippen LogP contribution is -2.19. The summed E-state index contributed by atoms with van der Waals surface area (Å²) in [6.07, 6.45) is 0. The molecule has 2 N–H and O–H groups in total. The lowest BCUT2D eigenvalue weighted by atomic mass is 10.1. The highest BCUT2D eigenvalue weighted by molar-refractivity contribution is 5.81. The first kappa shape index (κ1) is 11.7. The molecule has 0 radical (unpaired) electrons. The van der Waals surface area contributed by atoms with Crippen LogP contribution in [0.1, 0.15) is 11.6 Å². The lowest BCUT2D eigenvalue weighted by Gasteiger charge is -2.11. The first-order valence-electron chi connectivity index (χ1n) is 6.12. The minimum atomic E-state index is -0.184. The summed E-state index contributed by atoms with van der Waals surface area (Å²) < 4.78 is 10.8. The molecule has 3 aromatic rings. The van der Waals surface area contributed by atoms with Gasteiger partial charge in [-0.2, -0.15) is 0 Å². The molecular weight excluding hydrogens is 240 g/mol. The standard InChI is InChI=1S/C15H14N2O2/c16-13(11-6-2-1-3-7-11)10-18-15-12-8-4-5-9-14(12)19-17-15/h1-9,13H,10,16H2. The molecule has 0 bridgehead atoms. The molecule has 0 saturated carbocycles. The number of rotatable bonds is 4. The van der Waals surface area contributed by atoms with Crippen LogP contribution in [0.2, 0.25) is 0 Å². The van der Waals surface area contributed by atoms with Crippen LogP contribution in [-0.2, 0) is 0 Å². The highest BCUT2D eigenvalue weighted by Gasteiger charge is 2.11. The lowest BCUT2D eigenvalue weighted by molar-refractivity contribution is 0.264. The quantitative estimate of drug-likeness (QED) is 0.777. The number of nitrogens with zero attached hydrogens (tertiary/aromatic N) is 1. The molecule has 0 aliphatic heterocycles. The molecule has 1 heterocycles. The van der Waals surface area contributed by atoms with E-state index < -0.39 is 0 Å². The van der Waals surface area contributed by atoms with Crippen molar-refractivity contribution in [3.05, 3.63) is 60.2 Å². The average Bonchev–Trinajstić information content (AvgIpc) is 2.89. The van der Waals surface area contributed by atoms with Crippen LogP contribution < -0.4 is 10.5 Å². The summed E-state index contributed by atoms with van der Waals surface area (Å²) in [5, 5.41) is 4.77. The Morgan fingerprint density at radius 2 is 1.79 bits per heavy atom. The maximum absolute atomic E-state index is 6.07. The van der Waals surface area contributed by atoms with Crippen molar-refractivity contribution in [2.24, 2.45) is 5.73 Å². The minimum Gasteiger partial charge on any atom is -0.473 e. The van der Waals surface area contributed by atoms with Gasteiger partial charge in [-0.05, 0) is 22.9 Å². The SMILES string of the molecule is NC(COc1noc2ccccc12)c1ccccc1. The summed E-state index contributed by atoms with van der Waals surface area (Å²) in [6.45, 7) is 0.362. The number of hydrogen-bond acceptors (Lipinski definition) is 4. The summed E-state index contributed by atoms with van der Waals surface area (Å²) in [5.74, 6) is 0.488. The van der Waals surface area contributed by atoms with Crippen LogP contribution in [0, 0.1) is 0 Å². The van der Waals surface area contributed by atoms with E-state index in [1.54, 1.807) is 0 Å². The predicted octanol–water partition coefficient (Wildman–Crippen LogP) is 2.91. The van der Waals surface area contributed by atoms with Crippen LogP contribution in [0.5, 0.6) is 5.88 Å². The van der Waals surface area contributed by atoms with Gasteiger partial charge in [0.15, 0.2) is 5.58 Å². The predicted molar refractivity (Wildman–Crippen MR) is 72.9 cm³/mol. The number of nitrogens with two attached hydrogens (primary N) is 1. The number of para-hydroxylation sites is 1. The van der Waals surface area contributed by atoms with Gasteiger partial charge in [0.2, 0.25) is 0 Å². The molecule has 0 aliphatic rings. The van der Waals surface area contributed by atoms with Crippen LogP contribution in [0.25, 0.3) is 11.0 Å². The van der Waals surface area contributed by atoms with Gasteiger partial charge in [0.1, 0.15) is 6.61 Å². The van der Waals surface area contributed by atoms with Crippen molar-refractivity contribution < 1.29 is 9.26 Å². The van der Waals surface area contributed by atoms with Crippen LogP contribution >= 0.6 is 0 Å². The molecule has 1 unspecified atom stereocenters. The molecule has 0 saturated heterocycles. The van der Waals surface area contributed by atoms with Crippen molar-refractivity contribution in [3.63, 3.8) is 0 Å². The Hall–Kier alpha value is -2.33.